The zero-order valence-electron chi connectivity index (χ0n) is 45.5. The number of hydrogen-bond acceptors (Lipinski definition) is 4. The molecular weight excluding hydrogens is 1030 g/mol. The van der Waals surface area contributed by atoms with Gasteiger partial charge in [0.15, 0.2) is 0 Å². The number of hydrogen-bond donors (Lipinski definition) is 0. The summed E-state index contributed by atoms with van der Waals surface area (Å²) in [5.41, 5.74) is 25.6. The quantitative estimate of drug-likeness (QED) is 0.172. The SMILES string of the molecule is CC1(C)c2cc(-c3cccc4c3sc3ccccc34)ccc2-c2ccc(-n3c4ccccc4c4nc(-c5ccc6c(n5)c5ccccc5n6-c5ccc6c(c5)C(C)(C)c5cc(-c7cccc8c7sc7ccccc78)ccc5-6)ccc43)cc21. The predicted octanol–water partition coefficient (Wildman–Crippen LogP) is 21.0. The first-order valence-corrected chi connectivity index (χ1v) is 30.0. The molecule has 386 valence electrons. The highest BCUT2D eigenvalue weighted by Gasteiger charge is 2.38. The first kappa shape index (κ1) is 46.3. The highest BCUT2D eigenvalue weighted by Crippen LogP contribution is 2.54. The second-order valence-electron chi connectivity index (χ2n) is 23.6. The van der Waals surface area contributed by atoms with Gasteiger partial charge in [-0.15, -0.1) is 22.7 Å². The molecule has 6 heteroatoms. The summed E-state index contributed by atoms with van der Waals surface area (Å²) >= 11 is 3.79. The number of pyridine rings is 2. The van der Waals surface area contributed by atoms with Crippen molar-refractivity contribution in [3.8, 4) is 67.3 Å². The van der Waals surface area contributed by atoms with Crippen molar-refractivity contribution < 1.29 is 0 Å². The van der Waals surface area contributed by atoms with Crippen molar-refractivity contribution in [2.24, 2.45) is 0 Å². The van der Waals surface area contributed by atoms with Gasteiger partial charge in [0.2, 0.25) is 0 Å². The van der Waals surface area contributed by atoms with Crippen molar-refractivity contribution in [1.82, 2.24) is 19.1 Å². The van der Waals surface area contributed by atoms with Crippen LogP contribution in [0.3, 0.4) is 0 Å². The Morgan fingerprint density at radius 1 is 0.305 bits per heavy atom. The van der Waals surface area contributed by atoms with E-state index in [4.69, 9.17) is 9.97 Å². The predicted molar refractivity (Wildman–Crippen MR) is 348 cm³/mol. The number of thiophene rings is 2. The minimum atomic E-state index is -0.215. The van der Waals surface area contributed by atoms with E-state index in [0.717, 1.165) is 66.6 Å². The van der Waals surface area contributed by atoms with Gasteiger partial charge in [-0.3, -0.25) is 0 Å². The van der Waals surface area contributed by atoms with Crippen LogP contribution in [0, 0.1) is 0 Å². The van der Waals surface area contributed by atoms with Crippen molar-refractivity contribution in [3.05, 3.63) is 253 Å². The van der Waals surface area contributed by atoms with Crippen LogP contribution < -0.4 is 0 Å². The van der Waals surface area contributed by atoms with Crippen LogP contribution >= 0.6 is 22.7 Å². The maximum Gasteiger partial charge on any atom is 0.0971 e. The lowest BCUT2D eigenvalue weighted by Gasteiger charge is -2.23. The van der Waals surface area contributed by atoms with Gasteiger partial charge < -0.3 is 9.13 Å². The summed E-state index contributed by atoms with van der Waals surface area (Å²) in [6, 6.07) is 85.8. The molecular formula is C76H50N4S2. The molecule has 0 amide bonds. The summed E-state index contributed by atoms with van der Waals surface area (Å²) in [5.74, 6) is 0. The third-order valence-electron chi connectivity index (χ3n) is 18.6. The molecule has 0 saturated heterocycles. The molecule has 2 aliphatic carbocycles. The van der Waals surface area contributed by atoms with Gasteiger partial charge in [0, 0.05) is 73.3 Å². The van der Waals surface area contributed by atoms with Crippen LogP contribution in [0.25, 0.3) is 151 Å². The van der Waals surface area contributed by atoms with Gasteiger partial charge in [-0.2, -0.15) is 0 Å². The molecule has 0 atom stereocenters. The summed E-state index contributed by atoms with van der Waals surface area (Å²) < 4.78 is 10.2. The molecule has 0 unspecified atom stereocenters. The molecule has 0 N–H and O–H groups in total. The number of aromatic nitrogens is 4. The average molecular weight is 1080 g/mol. The Kier molecular flexibility index (Phi) is 9.36. The molecule has 16 aromatic rings. The van der Waals surface area contributed by atoms with Crippen LogP contribution in [0.15, 0.2) is 231 Å². The lowest BCUT2D eigenvalue weighted by molar-refractivity contribution is 0.660. The molecule has 18 rings (SSSR count). The van der Waals surface area contributed by atoms with Crippen LogP contribution in [0.2, 0.25) is 0 Å². The maximum absolute atomic E-state index is 5.52. The van der Waals surface area contributed by atoms with E-state index in [1.54, 1.807) is 0 Å². The van der Waals surface area contributed by atoms with Crippen LogP contribution in [0.4, 0.5) is 0 Å². The van der Waals surface area contributed by atoms with Crippen LogP contribution in [0.1, 0.15) is 49.9 Å². The molecule has 6 aromatic heterocycles. The molecule has 82 heavy (non-hydrogen) atoms. The van der Waals surface area contributed by atoms with Gasteiger partial charge in [0.05, 0.1) is 44.5 Å². The van der Waals surface area contributed by atoms with Crippen LogP contribution in [0.5, 0.6) is 0 Å². The van der Waals surface area contributed by atoms with Crippen molar-refractivity contribution in [2.45, 2.75) is 38.5 Å². The highest BCUT2D eigenvalue weighted by molar-refractivity contribution is 7.26. The van der Waals surface area contributed by atoms with Gasteiger partial charge in [0.1, 0.15) is 0 Å². The third-order valence-corrected chi connectivity index (χ3v) is 21.0. The summed E-state index contributed by atoms with van der Waals surface area (Å²) in [6.07, 6.45) is 0. The molecule has 0 aliphatic heterocycles. The van der Waals surface area contributed by atoms with Gasteiger partial charge in [-0.1, -0.05) is 173 Å². The lowest BCUT2D eigenvalue weighted by atomic mass is 9.81. The number of para-hydroxylation sites is 2. The minimum absolute atomic E-state index is 0.215. The van der Waals surface area contributed by atoms with E-state index in [-0.39, 0.29) is 10.8 Å². The smallest absolute Gasteiger partial charge is 0.0971 e. The van der Waals surface area contributed by atoms with Gasteiger partial charge in [-0.05, 0) is 152 Å². The number of nitrogens with zero attached hydrogens (tertiary/aromatic N) is 4. The molecule has 2 aliphatic rings. The van der Waals surface area contributed by atoms with E-state index in [1.165, 1.54) is 107 Å². The Morgan fingerprint density at radius 3 is 1.13 bits per heavy atom. The molecule has 4 nitrogen and oxygen atoms in total. The molecule has 10 aromatic carbocycles. The number of benzene rings is 10. The monoisotopic (exact) mass is 1080 g/mol. The largest absolute Gasteiger partial charge is 0.308 e. The van der Waals surface area contributed by atoms with Crippen molar-refractivity contribution in [3.63, 3.8) is 0 Å². The van der Waals surface area contributed by atoms with Crippen molar-refractivity contribution in [1.29, 1.82) is 0 Å². The number of fused-ring (bicyclic) bond motifs is 18. The first-order valence-electron chi connectivity index (χ1n) is 28.4. The van der Waals surface area contributed by atoms with Crippen molar-refractivity contribution in [2.75, 3.05) is 0 Å². The summed E-state index contributed by atoms with van der Waals surface area (Å²) in [5, 5.41) is 7.55. The summed E-state index contributed by atoms with van der Waals surface area (Å²) in [7, 11) is 0. The molecule has 0 radical (unpaired) electrons. The van der Waals surface area contributed by atoms with Gasteiger partial charge in [0.25, 0.3) is 0 Å². The second kappa shape index (κ2) is 16.6. The Bertz CT molecular complexity index is 5140. The maximum atomic E-state index is 5.52. The van der Waals surface area contributed by atoms with E-state index in [2.05, 4.69) is 267 Å². The topological polar surface area (TPSA) is 35.6 Å². The molecule has 0 bridgehead atoms. The lowest BCUT2D eigenvalue weighted by Crippen LogP contribution is -2.15. The van der Waals surface area contributed by atoms with E-state index in [1.807, 2.05) is 22.7 Å². The highest BCUT2D eigenvalue weighted by atomic mass is 32.1. The fourth-order valence-corrected chi connectivity index (χ4v) is 17.0. The Morgan fingerprint density at radius 2 is 0.683 bits per heavy atom. The fourth-order valence-electron chi connectivity index (χ4n) is 14.5. The minimum Gasteiger partial charge on any atom is -0.308 e. The van der Waals surface area contributed by atoms with Gasteiger partial charge >= 0.3 is 0 Å². The zero-order valence-corrected chi connectivity index (χ0v) is 47.2. The van der Waals surface area contributed by atoms with Crippen LogP contribution in [-0.2, 0) is 10.8 Å². The standard InChI is InChI=1S/C76H50N4S2/c1-75(2)59-39-43(47-19-13-21-55-53-15-7-11-25-69(53)81-73(47)55)27-31-49(59)51-33-29-45(41-61(51)75)79-65-23-9-5-17-57(65)71-67(79)37-35-63(77-71)64-36-38-68-72(78-64)58-18-6-10-24-66(58)80(68)46-30-34-52-50-32-28-44(40-60(50)76(3,4)62(52)42-46)48-20-14-22-56-54-16-8-12-26-70(54)82-74(48)56/h5-42H,1-4H3. The fraction of sp³-hybridized carbons (Fsp3) is 0.0789. The Balaban J connectivity index is 0.700. The van der Waals surface area contributed by atoms with Crippen molar-refractivity contribution >= 4 is 107 Å². The first-order chi connectivity index (χ1) is 40.2. The average Bonchev–Trinajstić information content (AvgIpc) is 4.15. The summed E-state index contributed by atoms with van der Waals surface area (Å²) in [4.78, 5) is 11.0. The number of rotatable bonds is 5. The molecule has 0 saturated carbocycles. The third kappa shape index (κ3) is 6.31. The van der Waals surface area contributed by atoms with E-state index in [9.17, 15) is 0 Å². The second-order valence-corrected chi connectivity index (χ2v) is 25.7. The molecule has 0 spiro atoms. The zero-order chi connectivity index (χ0) is 54.3. The van der Waals surface area contributed by atoms with Crippen LogP contribution in [-0.4, -0.2) is 19.1 Å². The van der Waals surface area contributed by atoms with E-state index < -0.39 is 0 Å². The normalized spacial score (nSPS) is 14.0. The van der Waals surface area contributed by atoms with E-state index in [0.29, 0.717) is 0 Å². The van der Waals surface area contributed by atoms with Gasteiger partial charge in [-0.25, -0.2) is 9.97 Å². The van der Waals surface area contributed by atoms with E-state index >= 15 is 0 Å². The molecule has 0 fully saturated rings. The summed E-state index contributed by atoms with van der Waals surface area (Å²) in [6.45, 7) is 9.56. The molecule has 6 heterocycles. The Labute approximate surface area is 481 Å². The Hall–Kier alpha value is -9.46.